The van der Waals surface area contributed by atoms with Gasteiger partial charge in [0.1, 0.15) is 11.5 Å². The van der Waals surface area contributed by atoms with Crippen LogP contribution in [0.3, 0.4) is 0 Å². The lowest BCUT2D eigenvalue weighted by Gasteiger charge is -2.11. The van der Waals surface area contributed by atoms with Crippen LogP contribution in [0.1, 0.15) is 21.5 Å². The van der Waals surface area contributed by atoms with E-state index in [-0.39, 0.29) is 18.0 Å². The third kappa shape index (κ3) is 4.78. The summed E-state index contributed by atoms with van der Waals surface area (Å²) >= 11 is 5.86. The van der Waals surface area contributed by atoms with Gasteiger partial charge in [-0.05, 0) is 53.6 Å². The van der Waals surface area contributed by atoms with Crippen LogP contribution in [0.25, 0.3) is 6.08 Å². The number of hydrogen-bond donors (Lipinski definition) is 0. The highest BCUT2D eigenvalue weighted by Crippen LogP contribution is 2.35. The first-order valence-corrected chi connectivity index (χ1v) is 10.1. The first-order valence-electron chi connectivity index (χ1n) is 9.70. The van der Waals surface area contributed by atoms with E-state index in [1.165, 1.54) is 0 Å². The van der Waals surface area contributed by atoms with Crippen molar-refractivity contribution >= 4 is 35.1 Å². The first kappa shape index (κ1) is 20.7. The standard InChI is InChI=1S/C25H20ClNO4/c1-27(2)19-9-5-16(6-10-19)13-23-25(29)21-12-11-20(15-22(21)31-23)30-24(28)14-17-3-7-18(26)8-4-17/h3-13,15H,14H2,1-2H3/b23-13-. The molecule has 0 N–H and O–H groups in total. The summed E-state index contributed by atoms with van der Waals surface area (Å²) in [6.45, 7) is 0. The number of halogens is 1. The van der Waals surface area contributed by atoms with Crippen molar-refractivity contribution in [3.63, 3.8) is 0 Å². The fraction of sp³-hybridized carbons (Fsp3) is 0.120. The Balaban J connectivity index is 1.46. The molecule has 0 aliphatic carbocycles. The molecule has 5 nitrogen and oxygen atoms in total. The second kappa shape index (κ2) is 8.66. The van der Waals surface area contributed by atoms with E-state index in [1.807, 2.05) is 43.3 Å². The molecule has 0 aromatic heterocycles. The fourth-order valence-corrected chi connectivity index (χ4v) is 3.31. The van der Waals surface area contributed by atoms with Gasteiger partial charge in [-0.15, -0.1) is 0 Å². The molecule has 31 heavy (non-hydrogen) atoms. The van der Waals surface area contributed by atoms with Gasteiger partial charge in [0.2, 0.25) is 5.78 Å². The largest absolute Gasteiger partial charge is 0.452 e. The predicted octanol–water partition coefficient (Wildman–Crippen LogP) is 5.17. The molecule has 3 aromatic rings. The number of ketones is 1. The van der Waals surface area contributed by atoms with Gasteiger partial charge in [-0.3, -0.25) is 9.59 Å². The molecule has 0 saturated heterocycles. The molecule has 0 radical (unpaired) electrons. The molecule has 3 aromatic carbocycles. The highest BCUT2D eigenvalue weighted by atomic mass is 35.5. The number of carbonyl (C=O) groups is 2. The van der Waals surface area contributed by atoms with Crippen molar-refractivity contribution in [3.8, 4) is 11.5 Å². The van der Waals surface area contributed by atoms with Gasteiger partial charge < -0.3 is 14.4 Å². The van der Waals surface area contributed by atoms with Gasteiger partial charge in [-0.2, -0.15) is 0 Å². The summed E-state index contributed by atoms with van der Waals surface area (Å²) in [7, 11) is 3.93. The zero-order valence-electron chi connectivity index (χ0n) is 17.1. The van der Waals surface area contributed by atoms with Gasteiger partial charge in [-0.1, -0.05) is 35.9 Å². The highest BCUT2D eigenvalue weighted by molar-refractivity contribution is 6.30. The molecule has 0 amide bonds. The van der Waals surface area contributed by atoms with E-state index in [4.69, 9.17) is 21.1 Å². The maximum absolute atomic E-state index is 12.7. The molecule has 1 aliphatic rings. The molecule has 156 valence electrons. The Bertz CT molecular complexity index is 1170. The Morgan fingerprint density at radius 3 is 2.42 bits per heavy atom. The van der Waals surface area contributed by atoms with Crippen LogP contribution in [0, 0.1) is 0 Å². The summed E-state index contributed by atoms with van der Waals surface area (Å²) in [4.78, 5) is 26.9. The summed E-state index contributed by atoms with van der Waals surface area (Å²) < 4.78 is 11.2. The van der Waals surface area contributed by atoms with E-state index in [0.717, 1.165) is 16.8 Å². The van der Waals surface area contributed by atoms with Gasteiger partial charge in [0.15, 0.2) is 5.76 Å². The van der Waals surface area contributed by atoms with E-state index < -0.39 is 5.97 Å². The average molecular weight is 434 g/mol. The van der Waals surface area contributed by atoms with Crippen molar-refractivity contribution < 1.29 is 19.1 Å². The van der Waals surface area contributed by atoms with E-state index in [1.54, 1.807) is 48.5 Å². The van der Waals surface area contributed by atoms with Gasteiger partial charge >= 0.3 is 5.97 Å². The second-order valence-corrected chi connectivity index (χ2v) is 7.80. The third-order valence-corrected chi connectivity index (χ3v) is 5.09. The number of benzene rings is 3. The van der Waals surface area contributed by atoms with Crippen LogP contribution in [-0.4, -0.2) is 25.8 Å². The minimum absolute atomic E-state index is 0.113. The minimum Gasteiger partial charge on any atom is -0.452 e. The molecular weight excluding hydrogens is 414 g/mol. The lowest BCUT2D eigenvalue weighted by atomic mass is 10.1. The third-order valence-electron chi connectivity index (χ3n) is 4.84. The molecule has 0 bridgehead atoms. The average Bonchev–Trinajstić information content (AvgIpc) is 3.05. The quantitative estimate of drug-likeness (QED) is 0.315. The maximum Gasteiger partial charge on any atom is 0.315 e. The Labute approximate surface area is 185 Å². The number of hydrogen-bond acceptors (Lipinski definition) is 5. The summed E-state index contributed by atoms with van der Waals surface area (Å²) in [5.74, 6) is 0.311. The first-order chi connectivity index (χ1) is 14.9. The van der Waals surface area contributed by atoms with Gasteiger partial charge in [-0.25, -0.2) is 0 Å². The molecule has 0 atom stereocenters. The number of nitrogens with zero attached hydrogens (tertiary/aromatic N) is 1. The van der Waals surface area contributed by atoms with Gasteiger partial charge in [0.05, 0.1) is 12.0 Å². The number of allylic oxidation sites excluding steroid dienone is 1. The zero-order chi connectivity index (χ0) is 22.0. The normalized spacial score (nSPS) is 13.6. The summed E-state index contributed by atoms with van der Waals surface area (Å²) in [5.41, 5.74) is 3.16. The molecule has 6 heteroatoms. The van der Waals surface area contributed by atoms with E-state index in [2.05, 4.69) is 0 Å². The van der Waals surface area contributed by atoms with Crippen LogP contribution < -0.4 is 14.4 Å². The Hall–Kier alpha value is -3.57. The van der Waals surface area contributed by atoms with Crippen molar-refractivity contribution in [1.82, 2.24) is 0 Å². The Kier molecular flexibility index (Phi) is 5.78. The molecule has 0 fully saturated rings. The number of ether oxygens (including phenoxy) is 2. The molecule has 0 spiro atoms. The summed E-state index contributed by atoms with van der Waals surface area (Å²) in [6.07, 6.45) is 1.82. The number of esters is 1. The van der Waals surface area contributed by atoms with Crippen molar-refractivity contribution in [3.05, 3.63) is 94.2 Å². The van der Waals surface area contributed by atoms with E-state index in [9.17, 15) is 9.59 Å². The molecule has 1 heterocycles. The van der Waals surface area contributed by atoms with E-state index in [0.29, 0.717) is 22.1 Å². The summed E-state index contributed by atoms with van der Waals surface area (Å²) in [5, 5.41) is 0.607. The minimum atomic E-state index is -0.414. The molecule has 0 unspecified atom stereocenters. The lowest BCUT2D eigenvalue weighted by Crippen LogP contribution is -2.11. The number of carbonyl (C=O) groups excluding carboxylic acids is 2. The Morgan fingerprint density at radius 2 is 1.74 bits per heavy atom. The van der Waals surface area contributed by atoms with Crippen LogP contribution in [-0.2, 0) is 11.2 Å². The predicted molar refractivity (Wildman–Crippen MR) is 121 cm³/mol. The molecule has 0 saturated carbocycles. The zero-order valence-corrected chi connectivity index (χ0v) is 17.8. The van der Waals surface area contributed by atoms with E-state index >= 15 is 0 Å². The van der Waals surface area contributed by atoms with Crippen LogP contribution in [0.15, 0.2) is 72.5 Å². The van der Waals surface area contributed by atoms with Crippen molar-refractivity contribution in [2.75, 3.05) is 19.0 Å². The number of anilines is 1. The lowest BCUT2D eigenvalue weighted by molar-refractivity contribution is -0.133. The molecule has 1 aliphatic heterocycles. The van der Waals surface area contributed by atoms with Gasteiger partial charge in [0.25, 0.3) is 0 Å². The number of Topliss-reactive ketones (excluding diaryl/α,β-unsaturated/α-hetero) is 1. The van der Waals surface area contributed by atoms with Crippen LogP contribution in [0.4, 0.5) is 5.69 Å². The number of rotatable bonds is 5. The van der Waals surface area contributed by atoms with Crippen molar-refractivity contribution in [2.45, 2.75) is 6.42 Å². The van der Waals surface area contributed by atoms with Crippen LogP contribution >= 0.6 is 11.6 Å². The van der Waals surface area contributed by atoms with Gasteiger partial charge in [0, 0.05) is 30.9 Å². The highest BCUT2D eigenvalue weighted by Gasteiger charge is 2.28. The molecule has 4 rings (SSSR count). The Morgan fingerprint density at radius 1 is 1.03 bits per heavy atom. The van der Waals surface area contributed by atoms with Crippen molar-refractivity contribution in [1.29, 1.82) is 0 Å². The van der Waals surface area contributed by atoms with Crippen LogP contribution in [0.5, 0.6) is 11.5 Å². The fourth-order valence-electron chi connectivity index (χ4n) is 3.19. The smallest absolute Gasteiger partial charge is 0.315 e. The number of fused-ring (bicyclic) bond motifs is 1. The van der Waals surface area contributed by atoms with Crippen LogP contribution in [0.2, 0.25) is 5.02 Å². The summed E-state index contributed by atoms with van der Waals surface area (Å²) in [6, 6.07) is 19.5. The SMILES string of the molecule is CN(C)c1ccc(/C=C2\Oc3cc(OC(=O)Cc4ccc(Cl)cc4)ccc3C2=O)cc1. The molecular formula is C25H20ClNO4. The second-order valence-electron chi connectivity index (χ2n) is 7.36. The van der Waals surface area contributed by atoms with Crippen molar-refractivity contribution in [2.24, 2.45) is 0 Å². The maximum atomic E-state index is 12.7. The monoisotopic (exact) mass is 433 g/mol. The topological polar surface area (TPSA) is 55.8 Å².